The molecule has 6 heteroatoms. The summed E-state index contributed by atoms with van der Waals surface area (Å²) in [5.74, 6) is -0.0995. The van der Waals surface area contributed by atoms with E-state index in [1.165, 1.54) is 43.4 Å². The van der Waals surface area contributed by atoms with Crippen molar-refractivity contribution in [3.63, 3.8) is 0 Å². The molecule has 2 aromatic carbocycles. The van der Waals surface area contributed by atoms with E-state index in [1.54, 1.807) is 0 Å². The maximum absolute atomic E-state index is 10.7. The van der Waals surface area contributed by atoms with Gasteiger partial charge < -0.3 is 4.90 Å². The number of hydrogen-bond donors (Lipinski definition) is 1. The van der Waals surface area contributed by atoms with E-state index < -0.39 is 10.1 Å². The summed E-state index contributed by atoms with van der Waals surface area (Å²) in [5, 5.41) is 0. The fraction of sp³-hybridized carbons (Fsp3) is 0.556. The van der Waals surface area contributed by atoms with Gasteiger partial charge in [-0.25, -0.2) is 0 Å². The van der Waals surface area contributed by atoms with Crippen LogP contribution in [-0.2, 0) is 10.1 Å². The molecule has 1 saturated heterocycles. The molecule has 1 fully saturated rings. The summed E-state index contributed by atoms with van der Waals surface area (Å²) in [6.07, 6.45) is 8.66. The van der Waals surface area contributed by atoms with Crippen molar-refractivity contribution in [2.75, 3.05) is 38.5 Å². The minimum Gasteiger partial charge on any atom is -0.301 e. The van der Waals surface area contributed by atoms with Gasteiger partial charge >= 0.3 is 0 Å². The molecule has 1 aliphatic rings. The second kappa shape index (κ2) is 13.9. The van der Waals surface area contributed by atoms with Crippen molar-refractivity contribution in [3.05, 3.63) is 71.8 Å². The molecule has 1 heterocycles. The summed E-state index contributed by atoms with van der Waals surface area (Å²) in [7, 11) is -3.78. The van der Waals surface area contributed by atoms with Gasteiger partial charge in [0.15, 0.2) is 0 Å². The fourth-order valence-corrected chi connectivity index (χ4v) is 5.38. The van der Waals surface area contributed by atoms with Crippen molar-refractivity contribution < 1.29 is 13.0 Å². The quantitative estimate of drug-likeness (QED) is 0.295. The van der Waals surface area contributed by atoms with Gasteiger partial charge in [0, 0.05) is 26.2 Å². The van der Waals surface area contributed by atoms with Crippen molar-refractivity contribution in [1.29, 1.82) is 0 Å². The standard InChI is InChI=1S/C27H40N2O3S/c30-33(31,32)24-14-6-4-2-1-3-5-13-19-28-20-22-29(23-21-28)27(25-15-9-7-10-16-25)26-17-11-8-12-18-26/h7-12,15-18,27H,1-6,13-14,19-24H2,(H,30,31,32). The molecule has 0 aromatic heterocycles. The van der Waals surface area contributed by atoms with E-state index in [9.17, 15) is 8.42 Å². The van der Waals surface area contributed by atoms with Gasteiger partial charge in [-0.1, -0.05) is 99.2 Å². The van der Waals surface area contributed by atoms with Crippen LogP contribution in [0.4, 0.5) is 0 Å². The first-order chi connectivity index (χ1) is 16.0. The van der Waals surface area contributed by atoms with Crippen LogP contribution in [0.15, 0.2) is 60.7 Å². The maximum Gasteiger partial charge on any atom is 0.264 e. The maximum atomic E-state index is 10.7. The molecule has 5 nitrogen and oxygen atoms in total. The zero-order valence-corrected chi connectivity index (χ0v) is 20.6. The highest BCUT2D eigenvalue weighted by molar-refractivity contribution is 7.85. The van der Waals surface area contributed by atoms with Crippen molar-refractivity contribution in [2.45, 2.75) is 57.4 Å². The van der Waals surface area contributed by atoms with E-state index in [1.807, 2.05) is 0 Å². The topological polar surface area (TPSA) is 60.9 Å². The van der Waals surface area contributed by atoms with Crippen LogP contribution in [0, 0.1) is 0 Å². The van der Waals surface area contributed by atoms with Gasteiger partial charge in [-0.2, -0.15) is 8.42 Å². The molecule has 0 spiro atoms. The summed E-state index contributed by atoms with van der Waals surface area (Å²) in [6, 6.07) is 22.1. The molecule has 0 bridgehead atoms. The van der Waals surface area contributed by atoms with Crippen LogP contribution < -0.4 is 0 Å². The van der Waals surface area contributed by atoms with E-state index in [-0.39, 0.29) is 5.75 Å². The van der Waals surface area contributed by atoms with E-state index >= 15 is 0 Å². The molecule has 0 aliphatic carbocycles. The van der Waals surface area contributed by atoms with Crippen LogP contribution in [0.1, 0.15) is 68.5 Å². The number of piperazine rings is 1. The monoisotopic (exact) mass is 472 g/mol. The van der Waals surface area contributed by atoms with Gasteiger partial charge in [0.1, 0.15) is 0 Å². The third-order valence-corrected chi connectivity index (χ3v) is 7.43. The summed E-state index contributed by atoms with van der Waals surface area (Å²) in [6.45, 7) is 5.63. The van der Waals surface area contributed by atoms with Crippen LogP contribution >= 0.6 is 0 Å². The van der Waals surface area contributed by atoms with Crippen molar-refractivity contribution in [1.82, 2.24) is 9.80 Å². The second-order valence-corrected chi connectivity index (χ2v) is 10.8. The average molecular weight is 473 g/mol. The molecule has 0 atom stereocenters. The minimum absolute atomic E-state index is 0.0995. The Morgan fingerprint density at radius 2 is 1.12 bits per heavy atom. The molecule has 33 heavy (non-hydrogen) atoms. The predicted molar refractivity (Wildman–Crippen MR) is 136 cm³/mol. The molecule has 0 saturated carbocycles. The first-order valence-electron chi connectivity index (χ1n) is 12.5. The third-order valence-electron chi connectivity index (χ3n) is 6.63. The Morgan fingerprint density at radius 1 is 0.667 bits per heavy atom. The average Bonchev–Trinajstić information content (AvgIpc) is 2.82. The predicted octanol–water partition coefficient (Wildman–Crippen LogP) is 5.40. The Balaban J connectivity index is 1.32. The molecule has 0 unspecified atom stereocenters. The first kappa shape index (κ1) is 25.9. The SMILES string of the molecule is O=S(=O)(O)CCCCCCCCCCN1CCN(C(c2ccccc2)c2ccccc2)CC1. The van der Waals surface area contributed by atoms with Crippen LogP contribution in [0.2, 0.25) is 0 Å². The Morgan fingerprint density at radius 3 is 1.61 bits per heavy atom. The van der Waals surface area contributed by atoms with E-state index in [0.29, 0.717) is 12.5 Å². The zero-order chi connectivity index (χ0) is 23.4. The molecular weight excluding hydrogens is 432 g/mol. The first-order valence-corrected chi connectivity index (χ1v) is 14.2. The Kier molecular flexibility index (Phi) is 10.9. The Bertz CT molecular complexity index is 843. The van der Waals surface area contributed by atoms with Crippen LogP contribution in [0.3, 0.4) is 0 Å². The second-order valence-electron chi connectivity index (χ2n) is 9.22. The van der Waals surface area contributed by atoms with Gasteiger partial charge in [-0.3, -0.25) is 9.45 Å². The lowest BCUT2D eigenvalue weighted by Crippen LogP contribution is -2.48. The lowest BCUT2D eigenvalue weighted by atomic mass is 9.96. The third kappa shape index (κ3) is 9.57. The molecule has 2 aromatic rings. The van der Waals surface area contributed by atoms with E-state index in [2.05, 4.69) is 70.5 Å². The number of unbranched alkanes of at least 4 members (excludes halogenated alkanes) is 7. The lowest BCUT2D eigenvalue weighted by Gasteiger charge is -2.39. The fourth-order valence-electron chi connectivity index (χ4n) is 4.81. The lowest BCUT2D eigenvalue weighted by molar-refractivity contribution is 0.108. The number of hydrogen-bond acceptors (Lipinski definition) is 4. The Labute approximate surface area is 200 Å². The van der Waals surface area contributed by atoms with Crippen molar-refractivity contribution in [3.8, 4) is 0 Å². The van der Waals surface area contributed by atoms with Gasteiger partial charge in [-0.05, 0) is 30.5 Å². The van der Waals surface area contributed by atoms with E-state index in [4.69, 9.17) is 4.55 Å². The molecule has 1 N–H and O–H groups in total. The van der Waals surface area contributed by atoms with Gasteiger partial charge in [-0.15, -0.1) is 0 Å². The number of benzene rings is 2. The summed E-state index contributed by atoms with van der Waals surface area (Å²) < 4.78 is 30.1. The van der Waals surface area contributed by atoms with Gasteiger partial charge in [0.25, 0.3) is 10.1 Å². The summed E-state index contributed by atoms with van der Waals surface area (Å²) in [4.78, 5) is 5.24. The molecule has 182 valence electrons. The van der Waals surface area contributed by atoms with Crippen molar-refractivity contribution >= 4 is 10.1 Å². The minimum atomic E-state index is -3.78. The highest BCUT2D eigenvalue weighted by atomic mass is 32.2. The van der Waals surface area contributed by atoms with Gasteiger partial charge in [0.2, 0.25) is 0 Å². The summed E-state index contributed by atoms with van der Waals surface area (Å²) in [5.41, 5.74) is 2.74. The summed E-state index contributed by atoms with van der Waals surface area (Å²) >= 11 is 0. The zero-order valence-electron chi connectivity index (χ0n) is 19.8. The van der Waals surface area contributed by atoms with Crippen molar-refractivity contribution in [2.24, 2.45) is 0 Å². The molecule has 0 amide bonds. The molecule has 0 radical (unpaired) electrons. The molecular formula is C27H40N2O3S. The van der Waals surface area contributed by atoms with E-state index in [0.717, 1.165) is 45.4 Å². The molecule has 3 rings (SSSR count). The number of rotatable bonds is 14. The Hall–Kier alpha value is -1.73. The number of nitrogens with zero attached hydrogens (tertiary/aromatic N) is 2. The van der Waals surface area contributed by atoms with Gasteiger partial charge in [0.05, 0.1) is 11.8 Å². The smallest absolute Gasteiger partial charge is 0.264 e. The highest BCUT2D eigenvalue weighted by Crippen LogP contribution is 2.29. The normalized spacial score (nSPS) is 15.8. The largest absolute Gasteiger partial charge is 0.301 e. The molecule has 1 aliphatic heterocycles. The van der Waals surface area contributed by atoms with Crippen LogP contribution in [0.5, 0.6) is 0 Å². The highest BCUT2D eigenvalue weighted by Gasteiger charge is 2.26. The van der Waals surface area contributed by atoms with Crippen LogP contribution in [0.25, 0.3) is 0 Å². The van der Waals surface area contributed by atoms with Crippen LogP contribution in [-0.4, -0.2) is 61.2 Å².